The van der Waals surface area contributed by atoms with Crippen molar-refractivity contribution >= 4 is 40.9 Å². The molecular formula is C47H81N3O8. The Morgan fingerprint density at radius 1 is 0.690 bits per heavy atom. The quantitative estimate of drug-likeness (QED) is 0.0843. The molecule has 2 fully saturated rings. The molecule has 2 aliphatic carbocycles. The van der Waals surface area contributed by atoms with Crippen molar-refractivity contribution in [1.29, 1.82) is 0 Å². The summed E-state index contributed by atoms with van der Waals surface area (Å²) in [4.78, 5) is 96.9. The Morgan fingerprint density at radius 3 is 1.72 bits per heavy atom. The van der Waals surface area contributed by atoms with Crippen molar-refractivity contribution in [3.8, 4) is 0 Å². The third kappa shape index (κ3) is 14.6. The highest BCUT2D eigenvalue weighted by molar-refractivity contribution is 5.99. The Morgan fingerprint density at radius 2 is 1.26 bits per heavy atom. The van der Waals surface area contributed by atoms with Gasteiger partial charge in [-0.3, -0.25) is 38.9 Å². The number of Topliss-reactive ketones (excluding diaryl/α,β-unsaturated/α-hetero) is 4. The second-order valence-electron chi connectivity index (χ2n) is 21.5. The lowest BCUT2D eigenvalue weighted by atomic mass is 9.69. The van der Waals surface area contributed by atoms with Gasteiger partial charge in [0.25, 0.3) is 0 Å². The van der Waals surface area contributed by atoms with Crippen LogP contribution in [-0.2, 0) is 33.6 Å². The van der Waals surface area contributed by atoms with Crippen LogP contribution in [0.5, 0.6) is 0 Å². The molecule has 0 heterocycles. The highest BCUT2D eigenvalue weighted by Gasteiger charge is 2.52. The maximum atomic E-state index is 14.5. The molecule has 0 radical (unpaired) electrons. The predicted octanol–water partition coefficient (Wildman–Crippen LogP) is 8.05. The summed E-state index contributed by atoms with van der Waals surface area (Å²) in [6, 6.07) is -2.07. The first-order valence-corrected chi connectivity index (χ1v) is 22.3. The van der Waals surface area contributed by atoms with E-state index in [9.17, 15) is 38.7 Å². The Bertz CT molecular complexity index is 1440. The van der Waals surface area contributed by atoms with Gasteiger partial charge in [-0.25, -0.2) is 0 Å². The molecule has 0 saturated heterocycles. The summed E-state index contributed by atoms with van der Waals surface area (Å²) in [5.41, 5.74) is -3.39. The number of nitrogens with one attached hydrogen (secondary N) is 3. The van der Waals surface area contributed by atoms with E-state index in [0.29, 0.717) is 25.2 Å². The molecule has 0 spiro atoms. The van der Waals surface area contributed by atoms with E-state index >= 15 is 0 Å². The van der Waals surface area contributed by atoms with Gasteiger partial charge in [0.05, 0.1) is 30.0 Å². The van der Waals surface area contributed by atoms with Gasteiger partial charge < -0.3 is 15.7 Å². The third-order valence-corrected chi connectivity index (χ3v) is 13.1. The highest BCUT2D eigenvalue weighted by atomic mass is 16.4. The average Bonchev–Trinajstić information content (AvgIpc) is 3.61. The molecule has 0 aromatic heterocycles. The van der Waals surface area contributed by atoms with Crippen molar-refractivity contribution in [2.75, 3.05) is 6.54 Å². The molecular weight excluding hydrogens is 735 g/mol. The smallest absolute Gasteiger partial charge is 0.310 e. The molecule has 332 valence electrons. The number of carboxylic acid groups (broad SMARTS) is 1. The van der Waals surface area contributed by atoms with E-state index in [-0.39, 0.29) is 67.1 Å². The van der Waals surface area contributed by atoms with E-state index in [1.807, 2.05) is 69.2 Å². The van der Waals surface area contributed by atoms with Crippen LogP contribution in [0.1, 0.15) is 180 Å². The summed E-state index contributed by atoms with van der Waals surface area (Å²) in [5, 5.41) is 19.8. The summed E-state index contributed by atoms with van der Waals surface area (Å²) in [6.45, 7) is 24.3. The first-order chi connectivity index (χ1) is 26.6. The molecule has 0 bridgehead atoms. The molecule has 0 aromatic carbocycles. The minimum Gasteiger partial charge on any atom is -0.481 e. The number of ketones is 4. The second kappa shape index (κ2) is 21.5. The maximum absolute atomic E-state index is 14.5. The van der Waals surface area contributed by atoms with Crippen LogP contribution < -0.4 is 16.0 Å². The summed E-state index contributed by atoms with van der Waals surface area (Å²) in [7, 11) is 0. The van der Waals surface area contributed by atoms with Gasteiger partial charge in [-0.05, 0) is 48.3 Å². The standard InChI is InChI=1S/C47H81N3O8/c1-14-37(44(5,6)7)49-41(55)33(47(43(57)58)22-18-19-23-47)27-34(51)32(26-38(54)45(8,9)10)25-35(52)40(46(11,12)13)50-42(56)39(29(2)3)48-28-36(53)30(4)24-31-20-16-15-17-21-31/h29-33,37,39-40,48H,14-28H2,1-13H3,(H,49,55)(H,50,56)(H,57,58)/t30-,32+,33-,37-,39+,40-/m1/s1. The summed E-state index contributed by atoms with van der Waals surface area (Å²) >= 11 is 0. The Kier molecular flexibility index (Phi) is 19.0. The number of hydrogen-bond donors (Lipinski definition) is 4. The fourth-order valence-corrected chi connectivity index (χ4v) is 9.10. The third-order valence-electron chi connectivity index (χ3n) is 13.1. The first-order valence-electron chi connectivity index (χ1n) is 22.3. The topological polar surface area (TPSA) is 176 Å². The van der Waals surface area contributed by atoms with Gasteiger partial charge in [0.15, 0.2) is 5.78 Å². The van der Waals surface area contributed by atoms with Crippen LogP contribution in [0.2, 0.25) is 0 Å². The summed E-state index contributed by atoms with van der Waals surface area (Å²) < 4.78 is 0. The van der Waals surface area contributed by atoms with Gasteiger partial charge >= 0.3 is 5.97 Å². The van der Waals surface area contributed by atoms with Crippen LogP contribution in [0.15, 0.2) is 0 Å². The second-order valence-corrected chi connectivity index (χ2v) is 21.5. The fraction of sp³-hybridized carbons (Fsp3) is 0.851. The van der Waals surface area contributed by atoms with Crippen LogP contribution in [0.3, 0.4) is 0 Å². The lowest BCUT2D eigenvalue weighted by Crippen LogP contribution is -2.57. The van der Waals surface area contributed by atoms with Gasteiger partial charge in [0, 0.05) is 42.6 Å². The summed E-state index contributed by atoms with van der Waals surface area (Å²) in [6.07, 6.45) is 8.07. The molecule has 58 heavy (non-hydrogen) atoms. The van der Waals surface area contributed by atoms with Crippen molar-refractivity contribution in [2.24, 2.45) is 51.2 Å². The van der Waals surface area contributed by atoms with E-state index in [2.05, 4.69) is 16.0 Å². The number of amides is 2. The van der Waals surface area contributed by atoms with Crippen molar-refractivity contribution in [2.45, 2.75) is 198 Å². The Labute approximate surface area is 350 Å². The highest BCUT2D eigenvalue weighted by Crippen LogP contribution is 2.47. The number of hydrogen-bond acceptors (Lipinski definition) is 8. The number of aliphatic carboxylic acids is 1. The van der Waals surface area contributed by atoms with Crippen LogP contribution >= 0.6 is 0 Å². The molecule has 0 aliphatic heterocycles. The largest absolute Gasteiger partial charge is 0.481 e. The molecule has 2 saturated carbocycles. The normalized spacial score (nSPS) is 19.7. The number of rotatable bonds is 22. The number of carbonyl (C=O) groups excluding carboxylic acids is 6. The Balaban J connectivity index is 2.40. The lowest BCUT2D eigenvalue weighted by molar-refractivity contribution is -0.158. The van der Waals surface area contributed by atoms with Crippen LogP contribution in [-0.4, -0.2) is 70.7 Å². The van der Waals surface area contributed by atoms with Crippen molar-refractivity contribution in [3.63, 3.8) is 0 Å². The SMILES string of the molecule is CC[C@@H](NC(=O)[C@@H](CC(=O)[C@@H](CC(=O)[C@@H](NC(=O)[C@@H](NCC(=O)[C@H](C)CC1CCCCC1)C(C)C)C(C)(C)C)CC(=O)C(C)(C)C)C1(C(=O)O)CCCC1)C(C)(C)C. The van der Waals surface area contributed by atoms with E-state index in [1.54, 1.807) is 20.8 Å². The number of carboxylic acids is 1. The zero-order valence-corrected chi connectivity index (χ0v) is 38.5. The van der Waals surface area contributed by atoms with Gasteiger partial charge in [-0.1, -0.05) is 135 Å². The molecule has 11 nitrogen and oxygen atoms in total. The molecule has 6 atom stereocenters. The zero-order valence-electron chi connectivity index (χ0n) is 38.5. The number of carbonyl (C=O) groups is 7. The Hall–Kier alpha value is -2.95. The van der Waals surface area contributed by atoms with E-state index in [1.165, 1.54) is 19.3 Å². The molecule has 0 unspecified atom stereocenters. The minimum atomic E-state index is -1.45. The minimum absolute atomic E-state index is 0.0328. The van der Waals surface area contributed by atoms with Gasteiger partial charge in [-0.15, -0.1) is 0 Å². The van der Waals surface area contributed by atoms with Crippen LogP contribution in [0, 0.1) is 51.2 Å². The molecule has 2 amide bonds. The van der Waals surface area contributed by atoms with Crippen molar-refractivity contribution in [1.82, 2.24) is 16.0 Å². The predicted molar refractivity (Wildman–Crippen MR) is 229 cm³/mol. The molecule has 11 heteroatoms. The molecule has 0 aromatic rings. The zero-order chi connectivity index (χ0) is 44.4. The van der Waals surface area contributed by atoms with E-state index < -0.39 is 75.9 Å². The fourth-order valence-electron chi connectivity index (χ4n) is 9.10. The monoisotopic (exact) mass is 816 g/mol. The van der Waals surface area contributed by atoms with Gasteiger partial charge in [0.1, 0.15) is 17.3 Å². The summed E-state index contributed by atoms with van der Waals surface area (Å²) in [5.74, 6) is -5.30. The molecule has 2 rings (SSSR count). The van der Waals surface area contributed by atoms with Crippen molar-refractivity contribution < 1.29 is 38.7 Å². The first kappa shape index (κ1) is 51.2. The molecule has 2 aliphatic rings. The van der Waals surface area contributed by atoms with Crippen LogP contribution in [0.25, 0.3) is 0 Å². The maximum Gasteiger partial charge on any atom is 0.310 e. The van der Waals surface area contributed by atoms with Gasteiger partial charge in [0.2, 0.25) is 11.8 Å². The van der Waals surface area contributed by atoms with E-state index in [4.69, 9.17) is 0 Å². The molecule has 4 N–H and O–H groups in total. The average molecular weight is 816 g/mol. The van der Waals surface area contributed by atoms with Gasteiger partial charge in [-0.2, -0.15) is 0 Å². The lowest BCUT2D eigenvalue weighted by Gasteiger charge is -2.37. The van der Waals surface area contributed by atoms with Crippen LogP contribution in [0.4, 0.5) is 0 Å². The van der Waals surface area contributed by atoms with Crippen molar-refractivity contribution in [3.05, 3.63) is 0 Å². The van der Waals surface area contributed by atoms with E-state index in [0.717, 1.165) is 19.3 Å².